The highest BCUT2D eigenvalue weighted by Crippen LogP contribution is 2.09. The van der Waals surface area contributed by atoms with Gasteiger partial charge in [0.2, 0.25) is 0 Å². The first-order valence-electron chi connectivity index (χ1n) is 8.51. The standard InChI is InChI=1S/C17H26N4O4.HI/c1-18-17(19-8-4-3-7-15(22)24-2)21-11-9-20(10-12-21)16(23)14-6-5-13-25-14;/h5-6,13H,3-4,7-12H2,1-2H3,(H,18,19);1H. The van der Waals surface area contributed by atoms with Crippen LogP contribution < -0.4 is 5.32 Å². The van der Waals surface area contributed by atoms with E-state index in [0.29, 0.717) is 38.4 Å². The van der Waals surface area contributed by atoms with E-state index in [1.165, 1.54) is 13.4 Å². The maximum atomic E-state index is 12.3. The van der Waals surface area contributed by atoms with E-state index in [9.17, 15) is 9.59 Å². The minimum Gasteiger partial charge on any atom is -0.469 e. The summed E-state index contributed by atoms with van der Waals surface area (Å²) < 4.78 is 9.79. The van der Waals surface area contributed by atoms with E-state index in [0.717, 1.165) is 25.3 Å². The van der Waals surface area contributed by atoms with Crippen LogP contribution in [0.15, 0.2) is 27.8 Å². The third kappa shape index (κ3) is 6.50. The molecule has 0 spiro atoms. The van der Waals surface area contributed by atoms with Gasteiger partial charge < -0.3 is 24.3 Å². The molecule has 0 bridgehead atoms. The van der Waals surface area contributed by atoms with Crippen LogP contribution in [0.4, 0.5) is 0 Å². The van der Waals surface area contributed by atoms with Crippen molar-refractivity contribution in [1.29, 1.82) is 0 Å². The van der Waals surface area contributed by atoms with Gasteiger partial charge in [0.05, 0.1) is 13.4 Å². The average molecular weight is 478 g/mol. The van der Waals surface area contributed by atoms with Crippen molar-refractivity contribution in [2.45, 2.75) is 19.3 Å². The van der Waals surface area contributed by atoms with Gasteiger partial charge in [-0.1, -0.05) is 0 Å². The van der Waals surface area contributed by atoms with Crippen LogP contribution in [0.25, 0.3) is 0 Å². The number of nitrogens with one attached hydrogen (secondary N) is 1. The molecule has 0 aliphatic carbocycles. The van der Waals surface area contributed by atoms with E-state index in [2.05, 4.69) is 19.9 Å². The Kier molecular flexibility index (Phi) is 10.1. The number of rotatable bonds is 6. The molecule has 1 aromatic rings. The molecule has 0 aromatic carbocycles. The largest absolute Gasteiger partial charge is 0.469 e. The topological polar surface area (TPSA) is 87.4 Å². The number of methoxy groups -OCH3 is 1. The van der Waals surface area contributed by atoms with Gasteiger partial charge >= 0.3 is 5.97 Å². The zero-order valence-electron chi connectivity index (χ0n) is 15.3. The van der Waals surface area contributed by atoms with Crippen LogP contribution in [-0.4, -0.2) is 74.5 Å². The molecule has 26 heavy (non-hydrogen) atoms. The van der Waals surface area contributed by atoms with Crippen LogP contribution in [0.5, 0.6) is 0 Å². The van der Waals surface area contributed by atoms with E-state index in [4.69, 9.17) is 4.42 Å². The fourth-order valence-corrected chi connectivity index (χ4v) is 2.71. The molecule has 9 heteroatoms. The average Bonchev–Trinajstić information content (AvgIpc) is 3.19. The number of unbranched alkanes of at least 4 members (excludes halogenated alkanes) is 1. The fourth-order valence-electron chi connectivity index (χ4n) is 2.71. The highest BCUT2D eigenvalue weighted by atomic mass is 127. The second kappa shape index (κ2) is 11.8. The maximum absolute atomic E-state index is 12.3. The van der Waals surface area contributed by atoms with E-state index < -0.39 is 0 Å². The lowest BCUT2D eigenvalue weighted by Gasteiger charge is -2.36. The predicted molar refractivity (Wildman–Crippen MR) is 109 cm³/mol. The zero-order chi connectivity index (χ0) is 18.1. The first-order valence-corrected chi connectivity index (χ1v) is 8.51. The molecule has 0 saturated carbocycles. The minimum atomic E-state index is -0.179. The van der Waals surface area contributed by atoms with Crippen molar-refractivity contribution in [1.82, 2.24) is 15.1 Å². The lowest BCUT2D eigenvalue weighted by Crippen LogP contribution is -2.53. The summed E-state index contributed by atoms with van der Waals surface area (Å²) in [5.41, 5.74) is 0. The first kappa shape index (κ1) is 22.3. The van der Waals surface area contributed by atoms with Gasteiger partial charge in [-0.25, -0.2) is 0 Å². The molecule has 146 valence electrons. The molecule has 1 aromatic heterocycles. The zero-order valence-corrected chi connectivity index (χ0v) is 17.6. The molecular formula is C17H27IN4O4. The number of furan rings is 1. The van der Waals surface area contributed by atoms with E-state index in [1.54, 1.807) is 24.1 Å². The van der Waals surface area contributed by atoms with Gasteiger partial charge in [-0.15, -0.1) is 24.0 Å². The number of carbonyl (C=O) groups is 2. The molecule has 8 nitrogen and oxygen atoms in total. The van der Waals surface area contributed by atoms with Crippen molar-refractivity contribution in [3.05, 3.63) is 24.2 Å². The number of halogens is 1. The number of piperazine rings is 1. The highest BCUT2D eigenvalue weighted by molar-refractivity contribution is 14.0. The second-order valence-corrected chi connectivity index (χ2v) is 5.76. The molecule has 1 aliphatic rings. The Hall–Kier alpha value is -1.78. The molecular weight excluding hydrogens is 451 g/mol. The quantitative estimate of drug-likeness (QED) is 0.220. The fraction of sp³-hybridized carbons (Fsp3) is 0.588. The van der Waals surface area contributed by atoms with Crippen LogP contribution in [-0.2, 0) is 9.53 Å². The van der Waals surface area contributed by atoms with E-state index in [1.807, 2.05) is 0 Å². The van der Waals surface area contributed by atoms with Crippen LogP contribution in [0, 0.1) is 0 Å². The van der Waals surface area contributed by atoms with Crippen LogP contribution in [0.3, 0.4) is 0 Å². The van der Waals surface area contributed by atoms with Crippen molar-refractivity contribution >= 4 is 41.8 Å². The van der Waals surface area contributed by atoms with Crippen molar-refractivity contribution < 1.29 is 18.7 Å². The Balaban J connectivity index is 0.00000338. The number of hydrogen-bond acceptors (Lipinski definition) is 5. The SMILES string of the molecule is CN=C(NCCCCC(=O)OC)N1CCN(C(=O)c2ccco2)CC1.I. The van der Waals surface area contributed by atoms with Crippen molar-refractivity contribution in [2.24, 2.45) is 4.99 Å². The minimum absolute atomic E-state index is 0. The molecule has 1 aliphatic heterocycles. The Bertz CT molecular complexity index is 584. The van der Waals surface area contributed by atoms with Crippen LogP contribution >= 0.6 is 24.0 Å². The monoisotopic (exact) mass is 478 g/mol. The van der Waals surface area contributed by atoms with Crippen molar-refractivity contribution in [3.8, 4) is 0 Å². The number of aliphatic imine (C=N–C) groups is 1. The van der Waals surface area contributed by atoms with Gasteiger partial charge in [-0.2, -0.15) is 0 Å². The lowest BCUT2D eigenvalue weighted by molar-refractivity contribution is -0.140. The molecule has 1 saturated heterocycles. The summed E-state index contributed by atoms with van der Waals surface area (Å²) in [5.74, 6) is 0.946. The Labute approximate surface area is 171 Å². The number of nitrogens with zero attached hydrogens (tertiary/aromatic N) is 3. The van der Waals surface area contributed by atoms with Gasteiger partial charge in [-0.05, 0) is 25.0 Å². The number of carbonyl (C=O) groups excluding carboxylic acids is 2. The summed E-state index contributed by atoms with van der Waals surface area (Å²) in [7, 11) is 3.15. The maximum Gasteiger partial charge on any atom is 0.305 e. The molecule has 2 rings (SSSR count). The third-order valence-electron chi connectivity index (χ3n) is 4.13. The second-order valence-electron chi connectivity index (χ2n) is 5.76. The Morgan fingerprint density at radius 3 is 2.50 bits per heavy atom. The lowest BCUT2D eigenvalue weighted by atomic mass is 10.2. The summed E-state index contributed by atoms with van der Waals surface area (Å²) in [6, 6.07) is 3.40. The number of esters is 1. The van der Waals surface area contributed by atoms with Gasteiger partial charge in [0.25, 0.3) is 5.91 Å². The van der Waals surface area contributed by atoms with Gasteiger partial charge in [-0.3, -0.25) is 14.6 Å². The van der Waals surface area contributed by atoms with Crippen molar-refractivity contribution in [2.75, 3.05) is 46.9 Å². The molecule has 0 unspecified atom stereocenters. The Morgan fingerprint density at radius 1 is 1.23 bits per heavy atom. The van der Waals surface area contributed by atoms with Gasteiger partial charge in [0, 0.05) is 46.2 Å². The molecule has 1 fully saturated rings. The highest BCUT2D eigenvalue weighted by Gasteiger charge is 2.24. The van der Waals surface area contributed by atoms with Crippen molar-refractivity contribution in [3.63, 3.8) is 0 Å². The van der Waals surface area contributed by atoms with Gasteiger partial charge in [0.15, 0.2) is 11.7 Å². The third-order valence-corrected chi connectivity index (χ3v) is 4.13. The van der Waals surface area contributed by atoms with Crippen LogP contribution in [0.1, 0.15) is 29.8 Å². The number of hydrogen-bond donors (Lipinski definition) is 1. The molecule has 2 heterocycles. The first-order chi connectivity index (χ1) is 12.2. The number of guanidine groups is 1. The predicted octanol–water partition coefficient (Wildman–Crippen LogP) is 1.57. The van der Waals surface area contributed by atoms with E-state index in [-0.39, 0.29) is 35.9 Å². The molecule has 0 radical (unpaired) electrons. The molecule has 0 atom stereocenters. The summed E-state index contributed by atoms with van der Waals surface area (Å²) in [6.45, 7) is 3.43. The van der Waals surface area contributed by atoms with Crippen LogP contribution in [0.2, 0.25) is 0 Å². The summed E-state index contributed by atoms with van der Waals surface area (Å²) in [5, 5.41) is 3.30. The smallest absolute Gasteiger partial charge is 0.305 e. The summed E-state index contributed by atoms with van der Waals surface area (Å²) >= 11 is 0. The molecule has 1 N–H and O–H groups in total. The summed E-state index contributed by atoms with van der Waals surface area (Å²) in [6.07, 6.45) is 3.59. The number of amides is 1. The normalized spacial score (nSPS) is 14.6. The van der Waals surface area contributed by atoms with E-state index >= 15 is 0 Å². The van der Waals surface area contributed by atoms with Gasteiger partial charge in [0.1, 0.15) is 0 Å². The Morgan fingerprint density at radius 2 is 1.92 bits per heavy atom. The molecule has 1 amide bonds. The summed E-state index contributed by atoms with van der Waals surface area (Å²) in [4.78, 5) is 31.6. The number of ether oxygens (including phenoxy) is 1.